The third-order valence-electron chi connectivity index (χ3n) is 4.04. The van der Waals surface area contributed by atoms with Gasteiger partial charge in [-0.15, -0.1) is 0 Å². The van der Waals surface area contributed by atoms with Crippen LogP contribution in [-0.4, -0.2) is 24.4 Å². The van der Waals surface area contributed by atoms with Crippen LogP contribution in [0.4, 0.5) is 5.69 Å². The van der Waals surface area contributed by atoms with Crippen molar-refractivity contribution in [2.75, 3.05) is 11.9 Å². The van der Waals surface area contributed by atoms with Gasteiger partial charge < -0.3 is 15.4 Å². The zero-order valence-corrected chi connectivity index (χ0v) is 15.7. The highest BCUT2D eigenvalue weighted by Gasteiger charge is 2.13. The van der Waals surface area contributed by atoms with Gasteiger partial charge in [-0.2, -0.15) is 0 Å². The number of amides is 2. The lowest BCUT2D eigenvalue weighted by Crippen LogP contribution is -2.31. The second kappa shape index (κ2) is 9.52. The van der Waals surface area contributed by atoms with E-state index < -0.39 is 5.97 Å². The number of aryl methyl sites for hydroxylation is 1. The largest absolute Gasteiger partial charge is 0.452 e. The van der Waals surface area contributed by atoms with Gasteiger partial charge >= 0.3 is 5.97 Å². The Kier molecular flexibility index (Phi) is 7.11. The van der Waals surface area contributed by atoms with Crippen molar-refractivity contribution in [2.45, 2.75) is 33.2 Å². The van der Waals surface area contributed by atoms with E-state index in [0.717, 1.165) is 12.0 Å². The predicted octanol–water partition coefficient (Wildman–Crippen LogP) is 3.24. The molecule has 1 atom stereocenters. The van der Waals surface area contributed by atoms with Crippen LogP contribution < -0.4 is 10.6 Å². The molecule has 0 aliphatic carbocycles. The first kappa shape index (κ1) is 20.2. The van der Waals surface area contributed by atoms with Crippen LogP contribution in [0.25, 0.3) is 0 Å². The van der Waals surface area contributed by atoms with Crippen molar-refractivity contribution < 1.29 is 19.1 Å². The number of benzene rings is 2. The summed E-state index contributed by atoms with van der Waals surface area (Å²) in [7, 11) is 0. The zero-order chi connectivity index (χ0) is 19.8. The second-order valence-corrected chi connectivity index (χ2v) is 6.22. The van der Waals surface area contributed by atoms with Crippen molar-refractivity contribution in [1.82, 2.24) is 5.32 Å². The summed E-state index contributed by atoms with van der Waals surface area (Å²) in [5.74, 6) is -1.16. The Labute approximate surface area is 158 Å². The van der Waals surface area contributed by atoms with E-state index in [1.165, 1.54) is 24.6 Å². The Hall–Kier alpha value is -3.15. The summed E-state index contributed by atoms with van der Waals surface area (Å²) >= 11 is 0. The van der Waals surface area contributed by atoms with Crippen LogP contribution in [0.1, 0.15) is 48.3 Å². The Bertz CT molecular complexity index is 798. The number of carbonyl (C=O) groups is 3. The van der Waals surface area contributed by atoms with Gasteiger partial charge in [-0.25, -0.2) is 4.79 Å². The molecular formula is C21H24N2O4. The van der Waals surface area contributed by atoms with E-state index in [2.05, 4.69) is 17.6 Å². The Morgan fingerprint density at radius 2 is 1.63 bits per heavy atom. The Morgan fingerprint density at radius 3 is 2.19 bits per heavy atom. The summed E-state index contributed by atoms with van der Waals surface area (Å²) in [6.07, 6.45) is 0.961. The van der Waals surface area contributed by atoms with Crippen LogP contribution in [-0.2, 0) is 20.7 Å². The van der Waals surface area contributed by atoms with Gasteiger partial charge in [0.15, 0.2) is 6.61 Å². The van der Waals surface area contributed by atoms with Crippen LogP contribution >= 0.6 is 0 Å². The molecule has 0 unspecified atom stereocenters. The summed E-state index contributed by atoms with van der Waals surface area (Å²) in [5, 5.41) is 5.42. The van der Waals surface area contributed by atoms with Crippen molar-refractivity contribution in [2.24, 2.45) is 0 Å². The number of hydrogen-bond donors (Lipinski definition) is 2. The molecule has 2 rings (SSSR count). The first-order valence-electron chi connectivity index (χ1n) is 8.82. The number of rotatable bonds is 7. The van der Waals surface area contributed by atoms with E-state index in [-0.39, 0.29) is 24.5 Å². The molecule has 0 saturated carbocycles. The average Bonchev–Trinajstić information content (AvgIpc) is 2.66. The van der Waals surface area contributed by atoms with Gasteiger partial charge in [-0.1, -0.05) is 31.2 Å². The maximum absolute atomic E-state index is 12.0. The molecule has 0 radical (unpaired) electrons. The fourth-order valence-electron chi connectivity index (χ4n) is 2.52. The minimum atomic E-state index is -0.598. The molecule has 2 N–H and O–H groups in total. The molecule has 0 spiro atoms. The van der Waals surface area contributed by atoms with Gasteiger partial charge in [0.1, 0.15) is 0 Å². The maximum Gasteiger partial charge on any atom is 0.338 e. The van der Waals surface area contributed by atoms with Crippen molar-refractivity contribution in [3.05, 3.63) is 65.2 Å². The van der Waals surface area contributed by atoms with Gasteiger partial charge in [0.25, 0.3) is 5.91 Å². The van der Waals surface area contributed by atoms with Crippen molar-refractivity contribution in [1.29, 1.82) is 0 Å². The average molecular weight is 368 g/mol. The highest BCUT2D eigenvalue weighted by molar-refractivity contribution is 5.93. The van der Waals surface area contributed by atoms with Crippen LogP contribution in [0, 0.1) is 0 Å². The number of esters is 1. The molecule has 2 aromatic rings. The third-order valence-corrected chi connectivity index (χ3v) is 4.04. The van der Waals surface area contributed by atoms with Crippen LogP contribution in [0.15, 0.2) is 48.5 Å². The summed E-state index contributed by atoms with van der Waals surface area (Å²) in [5.41, 5.74) is 3.11. The van der Waals surface area contributed by atoms with Crippen molar-refractivity contribution >= 4 is 23.5 Å². The third kappa shape index (κ3) is 6.26. The second-order valence-electron chi connectivity index (χ2n) is 6.22. The van der Waals surface area contributed by atoms with Crippen LogP contribution in [0.3, 0.4) is 0 Å². The molecular weight excluding hydrogens is 344 g/mol. The number of carbonyl (C=O) groups excluding carboxylic acids is 3. The van der Waals surface area contributed by atoms with Crippen molar-refractivity contribution in [3.8, 4) is 0 Å². The smallest absolute Gasteiger partial charge is 0.338 e. The van der Waals surface area contributed by atoms with Crippen LogP contribution in [0.5, 0.6) is 0 Å². The molecule has 0 saturated heterocycles. The molecule has 0 bridgehead atoms. The fourth-order valence-corrected chi connectivity index (χ4v) is 2.52. The van der Waals surface area contributed by atoms with Crippen LogP contribution in [0.2, 0.25) is 0 Å². The molecule has 6 heteroatoms. The van der Waals surface area contributed by atoms with Gasteiger partial charge in [0, 0.05) is 12.6 Å². The Balaban J connectivity index is 1.83. The molecule has 0 aliphatic rings. The highest BCUT2D eigenvalue weighted by atomic mass is 16.5. The zero-order valence-electron chi connectivity index (χ0n) is 15.7. The lowest BCUT2D eigenvalue weighted by Gasteiger charge is -2.15. The molecule has 2 aromatic carbocycles. The van der Waals surface area contributed by atoms with E-state index in [0.29, 0.717) is 11.3 Å². The SMILES string of the molecule is CCc1ccc([C@@H](C)NC(=O)COC(=O)c2ccc(NC(C)=O)cc2)cc1. The molecule has 0 fully saturated rings. The van der Waals surface area contributed by atoms with Gasteiger partial charge in [-0.05, 0) is 48.7 Å². The standard InChI is InChI=1S/C21H24N2O4/c1-4-16-5-7-17(8-6-16)14(2)22-20(25)13-27-21(26)18-9-11-19(12-10-18)23-15(3)24/h5-12,14H,4,13H2,1-3H3,(H,22,25)(H,23,24)/t14-/m1/s1. The first-order chi connectivity index (χ1) is 12.9. The van der Waals surface area contributed by atoms with E-state index >= 15 is 0 Å². The lowest BCUT2D eigenvalue weighted by atomic mass is 10.1. The molecule has 2 amide bonds. The topological polar surface area (TPSA) is 84.5 Å². The highest BCUT2D eigenvalue weighted by Crippen LogP contribution is 2.14. The van der Waals surface area contributed by atoms with E-state index in [4.69, 9.17) is 4.74 Å². The lowest BCUT2D eigenvalue weighted by molar-refractivity contribution is -0.124. The minimum Gasteiger partial charge on any atom is -0.452 e. The molecule has 0 aromatic heterocycles. The Morgan fingerprint density at radius 1 is 1.00 bits per heavy atom. The summed E-state index contributed by atoms with van der Waals surface area (Å²) in [6.45, 7) is 5.01. The number of anilines is 1. The quantitative estimate of drug-likeness (QED) is 0.735. The first-order valence-corrected chi connectivity index (χ1v) is 8.82. The normalized spacial score (nSPS) is 11.4. The predicted molar refractivity (Wildman–Crippen MR) is 103 cm³/mol. The monoisotopic (exact) mass is 368 g/mol. The molecule has 6 nitrogen and oxygen atoms in total. The van der Waals surface area contributed by atoms with Gasteiger partial charge in [-0.3, -0.25) is 9.59 Å². The summed E-state index contributed by atoms with van der Waals surface area (Å²) in [4.78, 5) is 35.0. The van der Waals surface area contributed by atoms with E-state index in [1.807, 2.05) is 31.2 Å². The number of ether oxygens (including phenoxy) is 1. The summed E-state index contributed by atoms with van der Waals surface area (Å²) in [6, 6.07) is 14.1. The maximum atomic E-state index is 12.0. The van der Waals surface area contributed by atoms with Crippen molar-refractivity contribution in [3.63, 3.8) is 0 Å². The van der Waals surface area contributed by atoms with E-state index in [1.54, 1.807) is 12.1 Å². The minimum absolute atomic E-state index is 0.181. The molecule has 0 aliphatic heterocycles. The molecule has 27 heavy (non-hydrogen) atoms. The van der Waals surface area contributed by atoms with Gasteiger partial charge in [0.05, 0.1) is 11.6 Å². The van der Waals surface area contributed by atoms with Gasteiger partial charge in [0.2, 0.25) is 5.91 Å². The fraction of sp³-hybridized carbons (Fsp3) is 0.286. The summed E-state index contributed by atoms with van der Waals surface area (Å²) < 4.78 is 5.05. The number of nitrogens with one attached hydrogen (secondary N) is 2. The molecule has 0 heterocycles. The van der Waals surface area contributed by atoms with E-state index in [9.17, 15) is 14.4 Å². The molecule has 142 valence electrons. The number of hydrogen-bond acceptors (Lipinski definition) is 4.